The van der Waals surface area contributed by atoms with Crippen molar-refractivity contribution in [2.75, 3.05) is 13.1 Å². The van der Waals surface area contributed by atoms with Crippen molar-refractivity contribution in [3.8, 4) is 0 Å². The van der Waals surface area contributed by atoms with Gasteiger partial charge >= 0.3 is 0 Å². The molecular weight excluding hydrogens is 248 g/mol. The van der Waals surface area contributed by atoms with E-state index in [1.54, 1.807) is 0 Å². The maximum absolute atomic E-state index is 12.7. The molecule has 2 heterocycles. The number of hydrogen-bond acceptors (Lipinski definition) is 2. The van der Waals surface area contributed by atoms with E-state index in [2.05, 4.69) is 10.2 Å². The highest BCUT2D eigenvalue weighted by atomic mass is 16.2. The minimum atomic E-state index is 0.471. The zero-order valence-corrected chi connectivity index (χ0v) is 12.5. The quantitative estimate of drug-likeness (QED) is 0.859. The standard InChI is InChI=1S/C17H28N2O/c20-17(11-14-10-12-5-6-13(14)9-12)19-8-2-4-16(19)15-3-1-7-18-15/h12-16,18H,1-11H2. The smallest absolute Gasteiger partial charge is 0.223 e. The fourth-order valence-electron chi connectivity index (χ4n) is 5.53. The molecule has 20 heavy (non-hydrogen) atoms. The van der Waals surface area contributed by atoms with Gasteiger partial charge in [-0.05, 0) is 69.2 Å². The van der Waals surface area contributed by atoms with Gasteiger partial charge in [-0.15, -0.1) is 0 Å². The molecule has 3 nitrogen and oxygen atoms in total. The molecule has 0 aromatic carbocycles. The summed E-state index contributed by atoms with van der Waals surface area (Å²) in [6, 6.07) is 1.09. The van der Waals surface area contributed by atoms with E-state index in [1.807, 2.05) is 0 Å². The third kappa shape index (κ3) is 2.28. The molecule has 1 amide bonds. The van der Waals surface area contributed by atoms with Crippen LogP contribution in [0.3, 0.4) is 0 Å². The molecular formula is C17H28N2O. The third-order valence-electron chi connectivity index (χ3n) is 6.50. The lowest BCUT2D eigenvalue weighted by Crippen LogP contribution is -2.47. The summed E-state index contributed by atoms with van der Waals surface area (Å²) in [6.45, 7) is 2.16. The normalized spacial score (nSPS) is 43.6. The van der Waals surface area contributed by atoms with Gasteiger partial charge in [-0.2, -0.15) is 0 Å². The zero-order chi connectivity index (χ0) is 13.5. The van der Waals surface area contributed by atoms with E-state index in [4.69, 9.17) is 0 Å². The molecule has 2 saturated heterocycles. The summed E-state index contributed by atoms with van der Waals surface area (Å²) < 4.78 is 0. The summed E-state index contributed by atoms with van der Waals surface area (Å²) in [4.78, 5) is 15.0. The Balaban J connectivity index is 1.37. The Labute approximate surface area is 122 Å². The highest BCUT2D eigenvalue weighted by molar-refractivity contribution is 5.77. The van der Waals surface area contributed by atoms with E-state index < -0.39 is 0 Å². The highest BCUT2D eigenvalue weighted by Gasteiger charge is 2.42. The summed E-state index contributed by atoms with van der Waals surface area (Å²) in [7, 11) is 0. The van der Waals surface area contributed by atoms with Crippen LogP contribution in [0, 0.1) is 17.8 Å². The molecule has 2 aliphatic heterocycles. The number of amides is 1. The van der Waals surface area contributed by atoms with Crippen LogP contribution >= 0.6 is 0 Å². The Morgan fingerprint density at radius 1 is 1.10 bits per heavy atom. The Kier molecular flexibility index (Phi) is 3.49. The van der Waals surface area contributed by atoms with Gasteiger partial charge in [0.15, 0.2) is 0 Å². The first-order valence-corrected chi connectivity index (χ1v) is 8.84. The largest absolute Gasteiger partial charge is 0.338 e. The lowest BCUT2D eigenvalue weighted by atomic mass is 9.86. The second kappa shape index (κ2) is 5.32. The third-order valence-corrected chi connectivity index (χ3v) is 6.50. The van der Waals surface area contributed by atoms with E-state index in [0.29, 0.717) is 18.0 Å². The van der Waals surface area contributed by atoms with Crippen molar-refractivity contribution in [2.45, 2.75) is 69.9 Å². The molecule has 2 bridgehead atoms. The predicted octanol–water partition coefficient (Wildman–Crippen LogP) is 2.56. The fourth-order valence-corrected chi connectivity index (χ4v) is 5.53. The van der Waals surface area contributed by atoms with Gasteiger partial charge < -0.3 is 10.2 Å². The average Bonchev–Trinajstić information content (AvgIpc) is 3.21. The SMILES string of the molecule is O=C(CC1CC2CCC1C2)N1CCCC1C1CCCN1. The van der Waals surface area contributed by atoms with Crippen LogP contribution in [-0.2, 0) is 4.79 Å². The minimum Gasteiger partial charge on any atom is -0.338 e. The van der Waals surface area contributed by atoms with Crippen LogP contribution in [-0.4, -0.2) is 36.0 Å². The van der Waals surface area contributed by atoms with Gasteiger partial charge in [0, 0.05) is 25.0 Å². The summed E-state index contributed by atoms with van der Waals surface area (Å²) in [5.74, 6) is 3.04. The molecule has 2 saturated carbocycles. The molecule has 4 rings (SSSR count). The molecule has 0 aromatic rings. The predicted molar refractivity (Wildman–Crippen MR) is 79.3 cm³/mol. The molecule has 1 N–H and O–H groups in total. The number of fused-ring (bicyclic) bond motifs is 2. The highest BCUT2D eigenvalue weighted by Crippen LogP contribution is 2.49. The van der Waals surface area contributed by atoms with Crippen LogP contribution in [0.1, 0.15) is 57.8 Å². The zero-order valence-electron chi connectivity index (χ0n) is 12.5. The molecule has 5 unspecified atom stereocenters. The van der Waals surface area contributed by atoms with Gasteiger partial charge in [0.2, 0.25) is 5.91 Å². The minimum absolute atomic E-state index is 0.471. The lowest BCUT2D eigenvalue weighted by Gasteiger charge is -2.31. The number of hydrogen-bond donors (Lipinski definition) is 1. The van der Waals surface area contributed by atoms with Gasteiger partial charge in [-0.25, -0.2) is 0 Å². The molecule has 2 aliphatic carbocycles. The maximum atomic E-state index is 12.7. The van der Waals surface area contributed by atoms with E-state index in [1.165, 1.54) is 51.4 Å². The van der Waals surface area contributed by atoms with Gasteiger partial charge in [-0.3, -0.25) is 4.79 Å². The van der Waals surface area contributed by atoms with Crippen molar-refractivity contribution in [3.05, 3.63) is 0 Å². The topological polar surface area (TPSA) is 32.3 Å². The molecule has 3 heteroatoms. The van der Waals surface area contributed by atoms with E-state index in [9.17, 15) is 4.79 Å². The van der Waals surface area contributed by atoms with Crippen LogP contribution in [0.4, 0.5) is 0 Å². The summed E-state index contributed by atoms with van der Waals surface area (Å²) >= 11 is 0. The average molecular weight is 276 g/mol. The van der Waals surface area contributed by atoms with Crippen molar-refractivity contribution in [2.24, 2.45) is 17.8 Å². The lowest BCUT2D eigenvalue weighted by molar-refractivity contribution is -0.133. The Hall–Kier alpha value is -0.570. The Morgan fingerprint density at radius 3 is 2.75 bits per heavy atom. The molecule has 4 aliphatic rings. The molecule has 5 atom stereocenters. The fraction of sp³-hybridized carbons (Fsp3) is 0.941. The van der Waals surface area contributed by atoms with Crippen molar-refractivity contribution in [1.29, 1.82) is 0 Å². The van der Waals surface area contributed by atoms with E-state index >= 15 is 0 Å². The molecule has 112 valence electrons. The number of rotatable bonds is 3. The first kappa shape index (κ1) is 13.1. The molecule has 4 fully saturated rings. The number of carbonyl (C=O) groups excluding carboxylic acids is 1. The van der Waals surface area contributed by atoms with Crippen LogP contribution in [0.15, 0.2) is 0 Å². The van der Waals surface area contributed by atoms with Crippen molar-refractivity contribution in [1.82, 2.24) is 10.2 Å². The van der Waals surface area contributed by atoms with Gasteiger partial charge in [0.1, 0.15) is 0 Å². The second-order valence-electron chi connectivity index (χ2n) is 7.64. The summed E-state index contributed by atoms with van der Waals surface area (Å²) in [6.07, 6.45) is 11.4. The molecule has 0 spiro atoms. The number of likely N-dealkylation sites (tertiary alicyclic amines) is 1. The molecule has 0 aromatic heterocycles. The van der Waals surface area contributed by atoms with Crippen molar-refractivity contribution in [3.63, 3.8) is 0 Å². The summed E-state index contributed by atoms with van der Waals surface area (Å²) in [5.41, 5.74) is 0. The summed E-state index contributed by atoms with van der Waals surface area (Å²) in [5, 5.41) is 3.61. The monoisotopic (exact) mass is 276 g/mol. The van der Waals surface area contributed by atoms with E-state index in [-0.39, 0.29) is 0 Å². The Morgan fingerprint density at radius 2 is 2.05 bits per heavy atom. The van der Waals surface area contributed by atoms with Crippen LogP contribution in [0.5, 0.6) is 0 Å². The van der Waals surface area contributed by atoms with Gasteiger partial charge in [-0.1, -0.05) is 6.42 Å². The van der Waals surface area contributed by atoms with E-state index in [0.717, 1.165) is 37.3 Å². The van der Waals surface area contributed by atoms with Crippen molar-refractivity contribution < 1.29 is 4.79 Å². The van der Waals surface area contributed by atoms with Crippen LogP contribution in [0.25, 0.3) is 0 Å². The molecule has 0 radical (unpaired) electrons. The van der Waals surface area contributed by atoms with Gasteiger partial charge in [0.25, 0.3) is 0 Å². The first-order valence-electron chi connectivity index (χ1n) is 8.84. The van der Waals surface area contributed by atoms with Crippen molar-refractivity contribution >= 4 is 5.91 Å². The maximum Gasteiger partial charge on any atom is 0.223 e. The number of nitrogens with zero attached hydrogens (tertiary/aromatic N) is 1. The number of carbonyl (C=O) groups is 1. The Bertz CT molecular complexity index is 377. The number of nitrogens with one attached hydrogen (secondary N) is 1. The first-order chi connectivity index (χ1) is 9.81. The second-order valence-corrected chi connectivity index (χ2v) is 7.64. The van der Waals surface area contributed by atoms with Crippen LogP contribution < -0.4 is 5.32 Å². The van der Waals surface area contributed by atoms with Gasteiger partial charge in [0.05, 0.1) is 0 Å². The van der Waals surface area contributed by atoms with Crippen LogP contribution in [0.2, 0.25) is 0 Å².